The third kappa shape index (κ3) is 4.46. The van der Waals surface area contributed by atoms with Gasteiger partial charge in [0, 0.05) is 20.1 Å². The Morgan fingerprint density at radius 3 is 2.74 bits per heavy atom. The first-order valence-corrected chi connectivity index (χ1v) is 9.40. The van der Waals surface area contributed by atoms with E-state index in [0.717, 1.165) is 12.8 Å². The van der Waals surface area contributed by atoms with Crippen molar-refractivity contribution in [2.24, 2.45) is 0 Å². The zero-order valence-electron chi connectivity index (χ0n) is 16.5. The molecule has 1 aromatic rings. The molecular weight excluding hydrogens is 348 g/mol. The lowest BCUT2D eigenvalue weighted by atomic mass is 10.1. The zero-order valence-corrected chi connectivity index (χ0v) is 16.5. The molecule has 1 atom stereocenters. The molecule has 2 heterocycles. The molecule has 148 valence electrons. The van der Waals surface area contributed by atoms with Crippen LogP contribution in [-0.2, 0) is 4.74 Å². The number of rotatable bonds is 3. The number of ether oxygens (including phenoxy) is 3. The molecule has 2 amide bonds. The maximum Gasteiger partial charge on any atom is 0.410 e. The van der Waals surface area contributed by atoms with E-state index in [1.54, 1.807) is 35.0 Å². The van der Waals surface area contributed by atoms with Gasteiger partial charge < -0.3 is 24.0 Å². The van der Waals surface area contributed by atoms with Gasteiger partial charge >= 0.3 is 6.09 Å². The minimum atomic E-state index is -0.535. The van der Waals surface area contributed by atoms with Crippen molar-refractivity contribution < 1.29 is 23.8 Å². The molecule has 0 N–H and O–H groups in total. The summed E-state index contributed by atoms with van der Waals surface area (Å²) < 4.78 is 16.7. The third-order valence-corrected chi connectivity index (χ3v) is 4.63. The molecule has 1 aromatic carbocycles. The van der Waals surface area contributed by atoms with Crippen LogP contribution >= 0.6 is 0 Å². The molecule has 0 aromatic heterocycles. The van der Waals surface area contributed by atoms with Crippen molar-refractivity contribution in [3.63, 3.8) is 0 Å². The summed E-state index contributed by atoms with van der Waals surface area (Å²) in [5.74, 6) is 0.946. The highest BCUT2D eigenvalue weighted by molar-refractivity contribution is 5.97. The number of carbonyl (C=O) groups is 2. The van der Waals surface area contributed by atoms with Gasteiger partial charge in [-0.2, -0.15) is 0 Å². The molecule has 3 rings (SSSR count). The minimum Gasteiger partial charge on any atom is -0.486 e. The average Bonchev–Trinajstić information content (AvgIpc) is 3.07. The van der Waals surface area contributed by atoms with Crippen LogP contribution in [0.1, 0.15) is 44.0 Å². The molecule has 0 radical (unpaired) electrons. The normalized spacial score (nSPS) is 19.0. The molecule has 0 spiro atoms. The van der Waals surface area contributed by atoms with Crippen molar-refractivity contribution in [3.05, 3.63) is 23.8 Å². The van der Waals surface area contributed by atoms with Crippen LogP contribution in [0.4, 0.5) is 4.79 Å². The number of nitrogens with zero attached hydrogens (tertiary/aromatic N) is 2. The van der Waals surface area contributed by atoms with Crippen LogP contribution in [0.25, 0.3) is 0 Å². The summed E-state index contributed by atoms with van der Waals surface area (Å²) in [4.78, 5) is 28.8. The predicted molar refractivity (Wildman–Crippen MR) is 100 cm³/mol. The first kappa shape index (κ1) is 19.3. The summed E-state index contributed by atoms with van der Waals surface area (Å²) in [6.45, 7) is 7.57. The molecule has 7 heteroatoms. The second-order valence-electron chi connectivity index (χ2n) is 7.99. The van der Waals surface area contributed by atoms with Crippen LogP contribution in [0.2, 0.25) is 0 Å². The van der Waals surface area contributed by atoms with Crippen LogP contribution in [0, 0.1) is 0 Å². The smallest absolute Gasteiger partial charge is 0.410 e. The van der Waals surface area contributed by atoms with Crippen LogP contribution in [0.5, 0.6) is 11.5 Å². The monoisotopic (exact) mass is 376 g/mol. The van der Waals surface area contributed by atoms with E-state index in [4.69, 9.17) is 14.2 Å². The van der Waals surface area contributed by atoms with E-state index < -0.39 is 5.60 Å². The highest BCUT2D eigenvalue weighted by atomic mass is 16.6. The fourth-order valence-electron chi connectivity index (χ4n) is 3.43. The van der Waals surface area contributed by atoms with E-state index >= 15 is 0 Å². The summed E-state index contributed by atoms with van der Waals surface area (Å²) in [7, 11) is 1.75. The Labute approximate surface area is 160 Å². The predicted octanol–water partition coefficient (Wildman–Crippen LogP) is 2.93. The van der Waals surface area contributed by atoms with Gasteiger partial charge in [-0.15, -0.1) is 0 Å². The molecule has 0 bridgehead atoms. The van der Waals surface area contributed by atoms with Crippen molar-refractivity contribution in [2.75, 3.05) is 33.4 Å². The lowest BCUT2D eigenvalue weighted by Crippen LogP contribution is -2.45. The van der Waals surface area contributed by atoms with Crippen molar-refractivity contribution in [2.45, 2.75) is 45.3 Å². The Kier molecular flexibility index (Phi) is 5.48. The molecule has 0 unspecified atom stereocenters. The summed E-state index contributed by atoms with van der Waals surface area (Å²) in [6.07, 6.45) is 1.44. The van der Waals surface area contributed by atoms with E-state index in [1.165, 1.54) is 0 Å². The van der Waals surface area contributed by atoms with E-state index in [-0.39, 0.29) is 18.0 Å². The number of para-hydroxylation sites is 1. The van der Waals surface area contributed by atoms with E-state index in [1.807, 2.05) is 20.8 Å². The fraction of sp³-hybridized carbons (Fsp3) is 0.600. The van der Waals surface area contributed by atoms with E-state index in [0.29, 0.717) is 43.4 Å². The number of carbonyl (C=O) groups excluding carboxylic acids is 2. The first-order valence-electron chi connectivity index (χ1n) is 9.40. The van der Waals surface area contributed by atoms with Gasteiger partial charge in [-0.05, 0) is 45.7 Å². The van der Waals surface area contributed by atoms with Crippen LogP contribution in [0.15, 0.2) is 18.2 Å². The second-order valence-corrected chi connectivity index (χ2v) is 7.99. The van der Waals surface area contributed by atoms with Gasteiger partial charge in [-0.25, -0.2) is 4.79 Å². The quantitative estimate of drug-likeness (QED) is 0.811. The molecule has 27 heavy (non-hydrogen) atoms. The molecule has 0 saturated carbocycles. The minimum absolute atomic E-state index is 0.0505. The molecule has 1 saturated heterocycles. The SMILES string of the molecule is CN(C[C@H]1CCCN1C(=O)OC(C)(C)C)C(=O)c1cccc2c1OCCO2. The number of hydrogen-bond acceptors (Lipinski definition) is 5. The van der Waals surface area contributed by atoms with Crippen LogP contribution < -0.4 is 9.47 Å². The number of likely N-dealkylation sites (N-methyl/N-ethyl adjacent to an activating group) is 1. The maximum absolute atomic E-state index is 13.0. The van der Waals surface area contributed by atoms with E-state index in [9.17, 15) is 9.59 Å². The molecule has 2 aliphatic rings. The maximum atomic E-state index is 13.0. The molecule has 1 fully saturated rings. The standard InChI is InChI=1S/C20H28N2O5/c1-20(2,3)27-19(24)22-10-6-7-14(22)13-21(4)18(23)15-8-5-9-16-17(15)26-12-11-25-16/h5,8-9,14H,6-7,10-13H2,1-4H3/t14-/m1/s1. The van der Waals surface area contributed by atoms with Gasteiger partial charge in [0.2, 0.25) is 0 Å². The molecule has 2 aliphatic heterocycles. The second kappa shape index (κ2) is 7.66. The lowest BCUT2D eigenvalue weighted by molar-refractivity contribution is 0.0199. The number of fused-ring (bicyclic) bond motifs is 1. The van der Waals surface area contributed by atoms with Crippen molar-refractivity contribution in [3.8, 4) is 11.5 Å². The Morgan fingerprint density at radius 1 is 1.26 bits per heavy atom. The zero-order chi connectivity index (χ0) is 19.6. The Balaban J connectivity index is 1.69. The Hall–Kier alpha value is -2.44. The third-order valence-electron chi connectivity index (χ3n) is 4.63. The molecule has 0 aliphatic carbocycles. The summed E-state index contributed by atoms with van der Waals surface area (Å²) in [6, 6.07) is 5.28. The fourth-order valence-corrected chi connectivity index (χ4v) is 3.43. The largest absolute Gasteiger partial charge is 0.486 e. The van der Waals surface area contributed by atoms with Gasteiger partial charge in [-0.1, -0.05) is 6.07 Å². The topological polar surface area (TPSA) is 68.3 Å². The number of hydrogen-bond donors (Lipinski definition) is 0. The highest BCUT2D eigenvalue weighted by Crippen LogP contribution is 2.34. The summed E-state index contributed by atoms with van der Waals surface area (Å²) in [5, 5.41) is 0. The van der Waals surface area contributed by atoms with Crippen LogP contribution in [-0.4, -0.2) is 66.8 Å². The van der Waals surface area contributed by atoms with Gasteiger partial charge in [0.1, 0.15) is 18.8 Å². The Morgan fingerprint density at radius 2 is 2.00 bits per heavy atom. The molecule has 7 nitrogen and oxygen atoms in total. The van der Waals surface area contributed by atoms with Crippen molar-refractivity contribution in [1.29, 1.82) is 0 Å². The van der Waals surface area contributed by atoms with Gasteiger partial charge in [0.05, 0.1) is 11.6 Å². The number of amides is 2. The van der Waals surface area contributed by atoms with Crippen molar-refractivity contribution >= 4 is 12.0 Å². The van der Waals surface area contributed by atoms with Gasteiger partial charge in [0.25, 0.3) is 5.91 Å². The highest BCUT2D eigenvalue weighted by Gasteiger charge is 2.34. The number of likely N-dealkylation sites (tertiary alicyclic amines) is 1. The molecular formula is C20H28N2O5. The summed E-state index contributed by atoms with van der Waals surface area (Å²) >= 11 is 0. The van der Waals surface area contributed by atoms with Crippen molar-refractivity contribution in [1.82, 2.24) is 9.80 Å². The Bertz CT molecular complexity index is 713. The lowest BCUT2D eigenvalue weighted by Gasteiger charge is -2.31. The first-order chi connectivity index (χ1) is 12.8. The van der Waals surface area contributed by atoms with E-state index in [2.05, 4.69) is 0 Å². The van der Waals surface area contributed by atoms with Gasteiger partial charge in [-0.3, -0.25) is 4.79 Å². The van der Waals surface area contributed by atoms with Crippen LogP contribution in [0.3, 0.4) is 0 Å². The summed E-state index contributed by atoms with van der Waals surface area (Å²) in [5.41, 5.74) is -0.0524. The van der Waals surface area contributed by atoms with Gasteiger partial charge in [0.15, 0.2) is 11.5 Å². The number of benzene rings is 1. The average molecular weight is 376 g/mol.